The van der Waals surface area contributed by atoms with Crippen LogP contribution in [-0.4, -0.2) is 48.0 Å². The number of nitrogens with zero attached hydrogens (tertiary/aromatic N) is 2. The average Bonchev–Trinajstić information content (AvgIpc) is 2.82. The molecule has 2 aliphatic rings. The number of hydrogen-bond acceptors (Lipinski definition) is 5. The summed E-state index contributed by atoms with van der Waals surface area (Å²) >= 11 is 0. The van der Waals surface area contributed by atoms with Crippen molar-refractivity contribution in [1.29, 1.82) is 0 Å². The molecule has 8 heteroatoms. The molecule has 1 aliphatic heterocycles. The van der Waals surface area contributed by atoms with Crippen molar-refractivity contribution < 1.29 is 28.0 Å². The Balaban J connectivity index is 1.82. The lowest BCUT2D eigenvalue weighted by Crippen LogP contribution is -2.48. The number of carbonyl (C=O) groups is 3. The molecule has 34 heavy (non-hydrogen) atoms. The lowest BCUT2D eigenvalue weighted by Gasteiger charge is -2.41. The van der Waals surface area contributed by atoms with Gasteiger partial charge in [-0.2, -0.15) is 0 Å². The van der Waals surface area contributed by atoms with E-state index in [2.05, 4.69) is 22.5 Å². The molecule has 1 aliphatic carbocycles. The van der Waals surface area contributed by atoms with E-state index < -0.39 is 43.1 Å². The number of rotatable bonds is 2. The predicted molar refractivity (Wildman–Crippen MR) is 129 cm³/mol. The van der Waals surface area contributed by atoms with Gasteiger partial charge in [0.25, 0.3) is 0 Å². The van der Waals surface area contributed by atoms with Gasteiger partial charge in [0.2, 0.25) is 11.9 Å². The van der Waals surface area contributed by atoms with Gasteiger partial charge in [0.05, 0.1) is 0 Å². The maximum absolute atomic E-state index is 12.9. The number of aliphatic imine (C=N–C) groups is 1. The van der Waals surface area contributed by atoms with Gasteiger partial charge < -0.3 is 14.4 Å². The second kappa shape index (κ2) is 12.9. The van der Waals surface area contributed by atoms with E-state index in [-0.39, 0.29) is 13.0 Å². The molecule has 1 fully saturated rings. The Bertz CT molecular complexity index is 991. The molecule has 8 nitrogen and oxygen atoms in total. The smallest absolute Gasteiger partial charge is 0.437 e. The van der Waals surface area contributed by atoms with Crippen LogP contribution >= 0.6 is 0 Å². The number of benzene rings is 1. The first-order valence-corrected chi connectivity index (χ1v) is 11.9. The number of likely N-dealkylation sites (N-methyl/N-ethyl adjacent to an activating group) is 1. The fourth-order valence-electron chi connectivity index (χ4n) is 3.96. The van der Waals surface area contributed by atoms with E-state index in [9.17, 15) is 14.4 Å². The number of nitrogens with one attached hydrogen (secondary N) is 1. The Kier molecular flexibility index (Phi) is 8.12. The highest BCUT2D eigenvalue weighted by Crippen LogP contribution is 2.40. The number of hydrogen-bond donors (Lipinski definition) is 1. The number of esters is 1. The molecule has 0 radical (unpaired) electrons. The first-order valence-electron chi connectivity index (χ1n) is 13.4. The second-order valence-electron chi connectivity index (χ2n) is 8.73. The number of allylic oxidation sites excluding steroid dienone is 2. The van der Waals surface area contributed by atoms with Crippen molar-refractivity contribution in [2.75, 3.05) is 13.5 Å². The Morgan fingerprint density at radius 3 is 2.56 bits per heavy atom. The fraction of sp³-hybridized carbons (Fsp3) is 0.538. The van der Waals surface area contributed by atoms with Crippen LogP contribution < -0.4 is 5.32 Å². The van der Waals surface area contributed by atoms with Gasteiger partial charge in [-0.1, -0.05) is 42.5 Å². The van der Waals surface area contributed by atoms with Crippen LogP contribution in [0.15, 0.2) is 47.5 Å². The Labute approximate surface area is 205 Å². The quantitative estimate of drug-likeness (QED) is 0.503. The van der Waals surface area contributed by atoms with E-state index in [1.165, 1.54) is 0 Å². The van der Waals surface area contributed by atoms with Crippen molar-refractivity contribution in [2.45, 2.75) is 76.4 Å². The first kappa shape index (κ1) is 21.4. The zero-order chi connectivity index (χ0) is 26.7. The van der Waals surface area contributed by atoms with E-state index in [1.54, 1.807) is 24.3 Å². The van der Waals surface area contributed by atoms with Crippen LogP contribution in [-0.2, 0) is 25.7 Å². The van der Waals surface area contributed by atoms with E-state index >= 15 is 0 Å². The maximum Gasteiger partial charge on any atom is 0.437 e. The summed E-state index contributed by atoms with van der Waals surface area (Å²) in [7, 11) is 0. The molecule has 1 saturated carbocycles. The number of ether oxygens (including phenoxy) is 2. The average molecular weight is 473 g/mol. The minimum atomic E-state index is -2.88. The van der Waals surface area contributed by atoms with Crippen molar-refractivity contribution in [3.8, 4) is 0 Å². The largest absolute Gasteiger partial charge is 0.458 e. The summed E-state index contributed by atoms with van der Waals surface area (Å²) in [6, 6.07) is 8.90. The van der Waals surface area contributed by atoms with Crippen LogP contribution in [0.25, 0.3) is 0 Å². The van der Waals surface area contributed by atoms with Crippen LogP contribution in [0, 0.1) is 0 Å². The summed E-state index contributed by atoms with van der Waals surface area (Å²) in [5.74, 6) is -1.83. The van der Waals surface area contributed by atoms with Gasteiger partial charge in [0.15, 0.2) is 0 Å². The maximum atomic E-state index is 12.9. The highest BCUT2D eigenvalue weighted by atomic mass is 16.6. The molecule has 0 saturated heterocycles. The minimum absolute atomic E-state index is 0.0871. The number of guanidine groups is 1. The molecular weight excluding hydrogens is 434 g/mol. The summed E-state index contributed by atoms with van der Waals surface area (Å²) in [5.41, 5.74) is 0.110. The highest BCUT2D eigenvalue weighted by molar-refractivity contribution is 6.01. The van der Waals surface area contributed by atoms with Crippen molar-refractivity contribution in [2.24, 2.45) is 4.99 Å². The molecule has 2 amide bonds. The Morgan fingerprint density at radius 2 is 1.85 bits per heavy atom. The highest BCUT2D eigenvalue weighted by Gasteiger charge is 2.40. The van der Waals surface area contributed by atoms with Gasteiger partial charge in [0.1, 0.15) is 18.8 Å². The van der Waals surface area contributed by atoms with Crippen LogP contribution in [0.1, 0.15) is 73.9 Å². The van der Waals surface area contributed by atoms with Gasteiger partial charge >= 0.3 is 12.1 Å². The van der Waals surface area contributed by atoms with Crippen LogP contribution in [0.4, 0.5) is 4.79 Å². The normalized spacial score (nSPS) is 23.9. The van der Waals surface area contributed by atoms with E-state index in [0.29, 0.717) is 23.3 Å². The monoisotopic (exact) mass is 472 g/mol. The topological polar surface area (TPSA) is 97.3 Å². The molecule has 0 atom stereocenters. The molecule has 1 heterocycles. The third-order valence-corrected chi connectivity index (χ3v) is 5.99. The molecule has 1 aromatic carbocycles. The van der Waals surface area contributed by atoms with E-state index in [4.69, 9.17) is 13.6 Å². The first-order chi connectivity index (χ1) is 17.7. The summed E-state index contributed by atoms with van der Waals surface area (Å²) < 4.78 is 34.8. The van der Waals surface area contributed by atoms with Crippen LogP contribution in [0.5, 0.6) is 0 Å². The second-order valence-corrected chi connectivity index (χ2v) is 8.73. The molecule has 0 unspecified atom stereocenters. The van der Waals surface area contributed by atoms with Crippen LogP contribution in [0.2, 0.25) is 0 Å². The molecule has 0 bridgehead atoms. The third-order valence-electron chi connectivity index (χ3n) is 5.99. The van der Waals surface area contributed by atoms with Gasteiger partial charge in [-0.25, -0.2) is 4.79 Å². The van der Waals surface area contributed by atoms with E-state index in [0.717, 1.165) is 44.9 Å². The van der Waals surface area contributed by atoms with Crippen LogP contribution in [0.3, 0.4) is 0 Å². The fourth-order valence-corrected chi connectivity index (χ4v) is 3.96. The Morgan fingerprint density at radius 1 is 1.12 bits per heavy atom. The lowest BCUT2D eigenvalue weighted by molar-refractivity contribution is -0.171. The minimum Gasteiger partial charge on any atom is -0.458 e. The molecule has 0 aromatic heterocycles. The van der Waals surface area contributed by atoms with Crippen molar-refractivity contribution in [1.82, 2.24) is 10.2 Å². The molecular formula is C26H35N3O5. The number of carbonyl (C=O) groups excluding carboxylic acids is 3. The van der Waals surface area contributed by atoms with Gasteiger partial charge in [-0.15, -0.1) is 4.99 Å². The number of amides is 2. The van der Waals surface area contributed by atoms with Crippen molar-refractivity contribution in [3.63, 3.8) is 0 Å². The molecule has 1 spiro atoms. The summed E-state index contributed by atoms with van der Waals surface area (Å²) in [6.07, 6.45) is 10.2. The third kappa shape index (κ3) is 8.32. The van der Waals surface area contributed by atoms with Crippen molar-refractivity contribution >= 4 is 23.9 Å². The zero-order valence-electron chi connectivity index (χ0n) is 22.5. The molecule has 184 valence electrons. The summed E-state index contributed by atoms with van der Waals surface area (Å²) in [4.78, 5) is 42.4. The predicted octanol–water partition coefficient (Wildman–Crippen LogP) is 4.49. The summed E-state index contributed by atoms with van der Waals surface area (Å²) in [5, 5.41) is 2.42. The van der Waals surface area contributed by atoms with Crippen molar-refractivity contribution in [3.05, 3.63) is 48.0 Å². The molecule has 3 rings (SSSR count). The van der Waals surface area contributed by atoms with E-state index in [1.807, 2.05) is 6.07 Å². The molecule has 1 N–H and O–H groups in total. The Hall–Kier alpha value is -3.16. The lowest BCUT2D eigenvalue weighted by atomic mass is 9.76. The SMILES string of the molecule is [2H]C([2H])([2H])N1CC(=O)OC2(CCC/C=C/CCCCC(=O)N/C1=N/C(=O)OCc1ccccc1)CCC2. The standard InChI is InChI=1S/C26H35N3O5/c1-29-19-23(31)34-26(17-12-18-26)16-11-6-4-2-3-5-10-15-22(30)27-24(29)28-25(32)33-20-21-13-8-7-9-14-21/h2,4,7-9,13-14H,3,5-6,10-12,15-20H2,1H3,(H,27,28,30,32)/b4-2+/i1D3. The zero-order valence-corrected chi connectivity index (χ0v) is 19.5. The van der Waals surface area contributed by atoms with Gasteiger partial charge in [-0.3, -0.25) is 14.9 Å². The van der Waals surface area contributed by atoms with Gasteiger partial charge in [0, 0.05) is 17.5 Å². The summed E-state index contributed by atoms with van der Waals surface area (Å²) in [6.45, 7) is -3.68. The molecule has 1 aromatic rings. The van der Waals surface area contributed by atoms with Gasteiger partial charge in [-0.05, 0) is 63.4 Å².